The summed E-state index contributed by atoms with van der Waals surface area (Å²) in [5, 5.41) is 15.1. The molecule has 1 N–H and O–H groups in total. The molecule has 1 rings (SSSR count). The number of nitrogens with zero attached hydrogens (tertiary/aromatic N) is 4. The van der Waals surface area contributed by atoms with Crippen LogP contribution in [0.4, 0.5) is 13.2 Å². The Morgan fingerprint density at radius 2 is 2.05 bits per heavy atom. The molecule has 1 aromatic rings. The molecule has 0 spiro atoms. The molecule has 0 saturated carbocycles. The molecule has 1 aromatic carbocycles. The molecule has 0 fully saturated rings. The van der Waals surface area contributed by atoms with Crippen molar-refractivity contribution >= 4 is 11.8 Å². The molecule has 0 aromatic heterocycles. The predicted molar refractivity (Wildman–Crippen MR) is 68.7 cm³/mol. The Bertz CT molecular complexity index is 516. The van der Waals surface area contributed by atoms with Gasteiger partial charge in [0.25, 0.3) is 0 Å². The standard InChI is InChI=1S/C11H10F3N5S/c12-11(13,14)20-9-3-1-8(2-4-9)10(7-15)17-5-6-18-19-16/h1-4,10,17H,5-6H2. The van der Waals surface area contributed by atoms with Gasteiger partial charge in [-0.1, -0.05) is 17.2 Å². The molecule has 1 unspecified atom stereocenters. The lowest BCUT2D eigenvalue weighted by atomic mass is 10.1. The highest BCUT2D eigenvalue weighted by molar-refractivity contribution is 8.00. The first-order valence-electron chi connectivity index (χ1n) is 5.46. The van der Waals surface area contributed by atoms with Crippen LogP contribution in [-0.2, 0) is 0 Å². The number of thioether (sulfide) groups is 1. The molecule has 0 aliphatic rings. The van der Waals surface area contributed by atoms with Crippen LogP contribution in [0.2, 0.25) is 0 Å². The van der Waals surface area contributed by atoms with E-state index in [1.54, 1.807) is 0 Å². The minimum absolute atomic E-state index is 0.0621. The van der Waals surface area contributed by atoms with Crippen molar-refractivity contribution in [1.82, 2.24) is 5.32 Å². The van der Waals surface area contributed by atoms with Gasteiger partial charge in [0.2, 0.25) is 0 Å². The molecule has 20 heavy (non-hydrogen) atoms. The number of halogens is 3. The first kappa shape index (κ1) is 16.2. The van der Waals surface area contributed by atoms with E-state index >= 15 is 0 Å². The Labute approximate surface area is 117 Å². The van der Waals surface area contributed by atoms with Crippen molar-refractivity contribution in [2.75, 3.05) is 13.1 Å². The molecule has 0 aliphatic carbocycles. The first-order valence-corrected chi connectivity index (χ1v) is 6.27. The minimum atomic E-state index is -4.33. The molecule has 0 bridgehead atoms. The summed E-state index contributed by atoms with van der Waals surface area (Å²) < 4.78 is 36.5. The second kappa shape index (κ2) is 7.65. The maximum atomic E-state index is 12.2. The van der Waals surface area contributed by atoms with E-state index in [0.717, 1.165) is 0 Å². The molecule has 0 heterocycles. The van der Waals surface area contributed by atoms with E-state index in [0.29, 0.717) is 12.1 Å². The van der Waals surface area contributed by atoms with Crippen molar-refractivity contribution in [3.8, 4) is 6.07 Å². The maximum Gasteiger partial charge on any atom is 0.446 e. The zero-order chi connectivity index (χ0) is 15.0. The quantitative estimate of drug-likeness (QED) is 0.285. The fraction of sp³-hybridized carbons (Fsp3) is 0.364. The molecule has 1 atom stereocenters. The second-order valence-electron chi connectivity index (χ2n) is 3.59. The van der Waals surface area contributed by atoms with Gasteiger partial charge in [0, 0.05) is 22.9 Å². The molecule has 106 valence electrons. The lowest BCUT2D eigenvalue weighted by molar-refractivity contribution is -0.0328. The van der Waals surface area contributed by atoms with Crippen LogP contribution >= 0.6 is 11.8 Å². The monoisotopic (exact) mass is 301 g/mol. The van der Waals surface area contributed by atoms with Crippen LogP contribution in [0.1, 0.15) is 11.6 Å². The first-order chi connectivity index (χ1) is 9.46. The van der Waals surface area contributed by atoms with Crippen LogP contribution in [0.15, 0.2) is 34.3 Å². The fourth-order valence-electron chi connectivity index (χ4n) is 1.40. The van der Waals surface area contributed by atoms with Crippen LogP contribution in [0.3, 0.4) is 0 Å². The van der Waals surface area contributed by atoms with E-state index in [-0.39, 0.29) is 23.2 Å². The number of alkyl halides is 3. The third-order valence-electron chi connectivity index (χ3n) is 2.20. The van der Waals surface area contributed by atoms with Crippen LogP contribution < -0.4 is 5.32 Å². The summed E-state index contributed by atoms with van der Waals surface area (Å²) in [5.74, 6) is 0. The van der Waals surface area contributed by atoms with Gasteiger partial charge in [-0.3, -0.25) is 5.32 Å². The zero-order valence-corrected chi connectivity index (χ0v) is 10.9. The molecule has 0 radical (unpaired) electrons. The van der Waals surface area contributed by atoms with Gasteiger partial charge >= 0.3 is 5.51 Å². The number of nitriles is 1. The van der Waals surface area contributed by atoms with Gasteiger partial charge in [0.15, 0.2) is 0 Å². The lowest BCUT2D eigenvalue weighted by Crippen LogP contribution is -2.22. The maximum absolute atomic E-state index is 12.2. The van der Waals surface area contributed by atoms with Gasteiger partial charge in [-0.15, -0.1) is 0 Å². The largest absolute Gasteiger partial charge is 0.446 e. The van der Waals surface area contributed by atoms with Crippen LogP contribution in [0, 0.1) is 11.3 Å². The molecule has 0 saturated heterocycles. The summed E-state index contributed by atoms with van der Waals surface area (Å²) in [6.45, 7) is 0.498. The van der Waals surface area contributed by atoms with E-state index in [9.17, 15) is 13.2 Å². The number of rotatable bonds is 6. The Morgan fingerprint density at radius 1 is 1.40 bits per heavy atom. The van der Waals surface area contributed by atoms with E-state index in [1.807, 2.05) is 6.07 Å². The van der Waals surface area contributed by atoms with Gasteiger partial charge in [-0.2, -0.15) is 18.4 Å². The van der Waals surface area contributed by atoms with Gasteiger partial charge in [-0.05, 0) is 35.0 Å². The highest BCUT2D eigenvalue weighted by Crippen LogP contribution is 2.36. The average molecular weight is 301 g/mol. The fourth-order valence-corrected chi connectivity index (χ4v) is 1.94. The van der Waals surface area contributed by atoms with E-state index in [2.05, 4.69) is 15.3 Å². The second-order valence-corrected chi connectivity index (χ2v) is 4.73. The summed E-state index contributed by atoms with van der Waals surface area (Å²) in [6, 6.07) is 6.88. The van der Waals surface area contributed by atoms with E-state index in [4.69, 9.17) is 10.8 Å². The summed E-state index contributed by atoms with van der Waals surface area (Å²) in [5.41, 5.74) is 4.33. The van der Waals surface area contributed by atoms with Gasteiger partial charge in [0.1, 0.15) is 6.04 Å². The molecule has 0 aliphatic heterocycles. The molecule has 0 amide bonds. The van der Waals surface area contributed by atoms with Crippen molar-refractivity contribution in [2.45, 2.75) is 16.4 Å². The van der Waals surface area contributed by atoms with Gasteiger partial charge in [-0.25, -0.2) is 0 Å². The smallest absolute Gasteiger partial charge is 0.298 e. The highest BCUT2D eigenvalue weighted by Gasteiger charge is 2.29. The molecule has 9 heteroatoms. The summed E-state index contributed by atoms with van der Waals surface area (Å²) in [7, 11) is 0. The summed E-state index contributed by atoms with van der Waals surface area (Å²) in [4.78, 5) is 2.63. The normalized spacial score (nSPS) is 12.3. The van der Waals surface area contributed by atoms with Crippen molar-refractivity contribution in [1.29, 1.82) is 5.26 Å². The Hall–Kier alpha value is -1.88. The molecular weight excluding hydrogens is 291 g/mol. The van der Waals surface area contributed by atoms with Gasteiger partial charge in [0.05, 0.1) is 6.07 Å². The minimum Gasteiger partial charge on any atom is -0.298 e. The number of nitrogens with one attached hydrogen (secondary N) is 1. The predicted octanol–water partition coefficient (Wildman–Crippen LogP) is 3.76. The summed E-state index contributed by atoms with van der Waals surface area (Å²) in [6.07, 6.45) is 0. The van der Waals surface area contributed by atoms with Crippen LogP contribution in [0.5, 0.6) is 0 Å². The Kier molecular flexibility index (Phi) is 6.18. The molecular formula is C11H10F3N5S. The number of azide groups is 1. The van der Waals surface area contributed by atoms with Crippen molar-refractivity contribution < 1.29 is 13.2 Å². The topological polar surface area (TPSA) is 84.6 Å². The SMILES string of the molecule is N#CC(NCCN=[N+]=[N-])c1ccc(SC(F)(F)F)cc1. The van der Waals surface area contributed by atoms with E-state index < -0.39 is 11.6 Å². The van der Waals surface area contributed by atoms with E-state index in [1.165, 1.54) is 24.3 Å². The number of hydrogen-bond acceptors (Lipinski definition) is 4. The summed E-state index contributed by atoms with van der Waals surface area (Å²) >= 11 is -0.205. The van der Waals surface area contributed by atoms with Crippen molar-refractivity contribution in [3.05, 3.63) is 40.3 Å². The number of benzene rings is 1. The van der Waals surface area contributed by atoms with Crippen molar-refractivity contribution in [2.24, 2.45) is 5.11 Å². The molecule has 5 nitrogen and oxygen atoms in total. The average Bonchev–Trinajstić information content (AvgIpc) is 2.38. The highest BCUT2D eigenvalue weighted by atomic mass is 32.2. The van der Waals surface area contributed by atoms with Gasteiger partial charge < -0.3 is 0 Å². The lowest BCUT2D eigenvalue weighted by Gasteiger charge is -2.12. The third-order valence-corrected chi connectivity index (χ3v) is 2.94. The van der Waals surface area contributed by atoms with Crippen LogP contribution in [0.25, 0.3) is 10.4 Å². The Balaban J connectivity index is 2.65. The number of hydrogen-bond donors (Lipinski definition) is 1. The van der Waals surface area contributed by atoms with Crippen LogP contribution in [-0.4, -0.2) is 18.6 Å². The Morgan fingerprint density at radius 3 is 2.55 bits per heavy atom. The van der Waals surface area contributed by atoms with Crippen molar-refractivity contribution in [3.63, 3.8) is 0 Å². The third kappa shape index (κ3) is 5.84. The zero-order valence-electron chi connectivity index (χ0n) is 10.1.